The summed E-state index contributed by atoms with van der Waals surface area (Å²) in [5, 5.41) is 8.87. The van der Waals surface area contributed by atoms with E-state index in [1.165, 1.54) is 0 Å². The summed E-state index contributed by atoms with van der Waals surface area (Å²) in [6, 6.07) is 9.97. The molecule has 0 saturated carbocycles. The van der Waals surface area contributed by atoms with Gasteiger partial charge in [-0.15, -0.1) is 0 Å². The van der Waals surface area contributed by atoms with E-state index in [1.807, 2.05) is 18.2 Å². The van der Waals surface area contributed by atoms with Crippen molar-refractivity contribution in [3.8, 4) is 6.07 Å². The lowest BCUT2D eigenvalue weighted by Gasteiger charge is -2.36. The van der Waals surface area contributed by atoms with Crippen molar-refractivity contribution in [2.24, 2.45) is 5.73 Å². The Morgan fingerprint density at radius 1 is 1.56 bits per heavy atom. The number of rotatable bonds is 2. The number of nitrogens with two attached hydrogens (primary N) is 1. The van der Waals surface area contributed by atoms with Gasteiger partial charge >= 0.3 is 0 Å². The second kappa shape index (κ2) is 4.97. The van der Waals surface area contributed by atoms with E-state index in [2.05, 4.69) is 11.0 Å². The second-order valence-corrected chi connectivity index (χ2v) is 3.82. The molecule has 1 aliphatic heterocycles. The van der Waals surface area contributed by atoms with Gasteiger partial charge in [-0.05, 0) is 18.2 Å². The molecule has 1 saturated heterocycles. The molecule has 0 aromatic heterocycles. The highest BCUT2D eigenvalue weighted by atomic mass is 16.5. The molecule has 84 valence electrons. The lowest BCUT2D eigenvalue weighted by atomic mass is 10.1. The van der Waals surface area contributed by atoms with Crippen molar-refractivity contribution >= 4 is 5.69 Å². The first-order valence-corrected chi connectivity index (χ1v) is 5.40. The lowest BCUT2D eigenvalue weighted by molar-refractivity contribution is 0.0963. The lowest BCUT2D eigenvalue weighted by Crippen LogP contribution is -2.49. The van der Waals surface area contributed by atoms with Gasteiger partial charge in [0.1, 0.15) is 0 Å². The van der Waals surface area contributed by atoms with Crippen molar-refractivity contribution in [1.29, 1.82) is 5.26 Å². The number of hydrogen-bond donors (Lipinski definition) is 1. The van der Waals surface area contributed by atoms with E-state index in [9.17, 15) is 0 Å². The summed E-state index contributed by atoms with van der Waals surface area (Å²) in [5.41, 5.74) is 7.45. The molecule has 0 bridgehead atoms. The van der Waals surface area contributed by atoms with Crippen LogP contribution in [0, 0.1) is 11.3 Å². The summed E-state index contributed by atoms with van der Waals surface area (Å²) in [5.74, 6) is 0. The van der Waals surface area contributed by atoms with Gasteiger partial charge < -0.3 is 15.4 Å². The Balaban J connectivity index is 2.24. The average Bonchev–Trinajstić information content (AvgIpc) is 2.38. The summed E-state index contributed by atoms with van der Waals surface area (Å²) in [4.78, 5) is 2.21. The van der Waals surface area contributed by atoms with Gasteiger partial charge in [0.25, 0.3) is 0 Å². The van der Waals surface area contributed by atoms with Crippen molar-refractivity contribution in [3.05, 3.63) is 29.8 Å². The first-order valence-electron chi connectivity index (χ1n) is 5.40. The molecule has 1 unspecified atom stereocenters. The first kappa shape index (κ1) is 10.9. The van der Waals surface area contributed by atoms with Gasteiger partial charge in [0.15, 0.2) is 0 Å². The molecule has 1 heterocycles. The zero-order valence-corrected chi connectivity index (χ0v) is 9.10. The van der Waals surface area contributed by atoms with Gasteiger partial charge in [0.2, 0.25) is 0 Å². The van der Waals surface area contributed by atoms with Crippen LogP contribution < -0.4 is 10.6 Å². The van der Waals surface area contributed by atoms with Gasteiger partial charge in [0.05, 0.1) is 30.9 Å². The smallest absolute Gasteiger partial charge is 0.0992 e. The summed E-state index contributed by atoms with van der Waals surface area (Å²) < 4.78 is 5.39. The highest BCUT2D eigenvalue weighted by Crippen LogP contribution is 2.20. The Morgan fingerprint density at radius 3 is 3.19 bits per heavy atom. The van der Waals surface area contributed by atoms with Gasteiger partial charge in [-0.1, -0.05) is 6.07 Å². The van der Waals surface area contributed by atoms with Crippen LogP contribution in [0.4, 0.5) is 5.69 Å². The minimum absolute atomic E-state index is 0.211. The fraction of sp³-hybridized carbons (Fsp3) is 0.417. The van der Waals surface area contributed by atoms with E-state index in [0.29, 0.717) is 25.3 Å². The predicted octanol–water partition coefficient (Wildman–Crippen LogP) is 0.722. The molecule has 1 aliphatic rings. The maximum Gasteiger partial charge on any atom is 0.0992 e. The molecule has 2 rings (SSSR count). The van der Waals surface area contributed by atoms with Crippen molar-refractivity contribution < 1.29 is 4.74 Å². The fourth-order valence-corrected chi connectivity index (χ4v) is 1.94. The molecule has 0 radical (unpaired) electrons. The maximum absolute atomic E-state index is 8.87. The number of nitrogens with zero attached hydrogens (tertiary/aromatic N) is 2. The molecule has 1 atom stereocenters. The molecule has 4 nitrogen and oxygen atoms in total. The average molecular weight is 217 g/mol. The molecule has 0 amide bonds. The number of ether oxygens (including phenoxy) is 1. The van der Waals surface area contributed by atoms with Crippen LogP contribution in [0.3, 0.4) is 0 Å². The van der Waals surface area contributed by atoms with Crippen molar-refractivity contribution in [1.82, 2.24) is 0 Å². The molecular weight excluding hydrogens is 202 g/mol. The zero-order valence-electron chi connectivity index (χ0n) is 9.10. The molecular formula is C12H15N3O. The number of morpholine rings is 1. The fourth-order valence-electron chi connectivity index (χ4n) is 1.94. The van der Waals surface area contributed by atoms with E-state index in [1.54, 1.807) is 6.07 Å². The third kappa shape index (κ3) is 2.16. The Bertz CT molecular complexity index is 399. The topological polar surface area (TPSA) is 62.3 Å². The Morgan fingerprint density at radius 2 is 2.44 bits per heavy atom. The quantitative estimate of drug-likeness (QED) is 0.793. The molecule has 0 aliphatic carbocycles. The largest absolute Gasteiger partial charge is 0.377 e. The first-order chi connectivity index (χ1) is 7.85. The number of hydrogen-bond acceptors (Lipinski definition) is 4. The van der Waals surface area contributed by atoms with Crippen molar-refractivity contribution in [2.75, 3.05) is 31.2 Å². The van der Waals surface area contributed by atoms with Crippen LogP contribution in [0.1, 0.15) is 5.56 Å². The Hall–Kier alpha value is -1.57. The third-order valence-corrected chi connectivity index (χ3v) is 2.81. The van der Waals surface area contributed by atoms with Crippen molar-refractivity contribution in [3.63, 3.8) is 0 Å². The number of benzene rings is 1. The van der Waals surface area contributed by atoms with Crippen LogP contribution in [0.2, 0.25) is 0 Å². The van der Waals surface area contributed by atoms with E-state index in [-0.39, 0.29) is 6.04 Å². The molecule has 4 heteroatoms. The highest BCUT2D eigenvalue weighted by Gasteiger charge is 2.21. The minimum Gasteiger partial charge on any atom is -0.377 e. The van der Waals surface area contributed by atoms with Gasteiger partial charge in [-0.3, -0.25) is 0 Å². The number of nitriles is 1. The molecule has 1 aromatic carbocycles. The standard InChI is InChI=1S/C12H15N3O/c13-7-10-2-1-3-11(6-10)15-4-5-16-9-12(15)8-14/h1-3,6,12H,4-5,8-9,14H2. The molecule has 1 aromatic rings. The van der Waals surface area contributed by atoms with Crippen LogP contribution in [-0.2, 0) is 4.74 Å². The summed E-state index contributed by atoms with van der Waals surface area (Å²) in [7, 11) is 0. The van der Waals surface area contributed by atoms with Crippen LogP contribution >= 0.6 is 0 Å². The molecule has 2 N–H and O–H groups in total. The second-order valence-electron chi connectivity index (χ2n) is 3.82. The summed E-state index contributed by atoms with van der Waals surface area (Å²) in [6.45, 7) is 2.77. The molecule has 0 spiro atoms. The third-order valence-electron chi connectivity index (χ3n) is 2.81. The highest BCUT2D eigenvalue weighted by molar-refractivity contribution is 5.52. The van der Waals surface area contributed by atoms with Gasteiger partial charge in [-0.25, -0.2) is 0 Å². The van der Waals surface area contributed by atoms with Crippen LogP contribution in [0.25, 0.3) is 0 Å². The minimum atomic E-state index is 0.211. The molecule has 1 fully saturated rings. The number of anilines is 1. The van der Waals surface area contributed by atoms with E-state index >= 15 is 0 Å². The van der Waals surface area contributed by atoms with E-state index in [0.717, 1.165) is 12.2 Å². The van der Waals surface area contributed by atoms with Crippen LogP contribution in [-0.4, -0.2) is 32.3 Å². The van der Waals surface area contributed by atoms with E-state index in [4.69, 9.17) is 15.7 Å². The van der Waals surface area contributed by atoms with E-state index < -0.39 is 0 Å². The van der Waals surface area contributed by atoms with Crippen LogP contribution in [0.15, 0.2) is 24.3 Å². The maximum atomic E-state index is 8.87. The van der Waals surface area contributed by atoms with Crippen LogP contribution in [0.5, 0.6) is 0 Å². The Labute approximate surface area is 95.2 Å². The Kier molecular flexibility index (Phi) is 3.40. The molecule has 16 heavy (non-hydrogen) atoms. The predicted molar refractivity (Wildman–Crippen MR) is 62.2 cm³/mol. The van der Waals surface area contributed by atoms with Gasteiger partial charge in [0, 0.05) is 18.8 Å². The normalized spacial score (nSPS) is 20.5. The summed E-state index contributed by atoms with van der Waals surface area (Å²) in [6.07, 6.45) is 0. The monoisotopic (exact) mass is 217 g/mol. The van der Waals surface area contributed by atoms with Gasteiger partial charge in [-0.2, -0.15) is 5.26 Å². The zero-order chi connectivity index (χ0) is 11.4. The summed E-state index contributed by atoms with van der Waals surface area (Å²) >= 11 is 0. The SMILES string of the molecule is N#Cc1cccc(N2CCOCC2CN)c1. The van der Waals surface area contributed by atoms with Crippen molar-refractivity contribution in [2.45, 2.75) is 6.04 Å².